The number of para-hydroxylation sites is 2. The minimum Gasteiger partial charge on any atom is -0.309 e. The number of benzene rings is 3. The van der Waals surface area contributed by atoms with Crippen LogP contribution >= 0.6 is 0 Å². The molecule has 0 aliphatic carbocycles. The summed E-state index contributed by atoms with van der Waals surface area (Å²) in [6.45, 7) is 0. The highest BCUT2D eigenvalue weighted by Gasteiger charge is 2.20. The van der Waals surface area contributed by atoms with E-state index in [1.54, 1.807) is 6.20 Å². The molecule has 3 aromatic carbocycles. The van der Waals surface area contributed by atoms with Gasteiger partial charge in [-0.25, -0.2) is 9.97 Å². The predicted molar refractivity (Wildman–Crippen MR) is 138 cm³/mol. The minimum absolute atomic E-state index is 0.743. The first-order valence-corrected chi connectivity index (χ1v) is 11.3. The topological polar surface area (TPSA) is 48.0 Å². The van der Waals surface area contributed by atoms with Gasteiger partial charge in [0.15, 0.2) is 5.65 Å². The standard InChI is InChI=1S/C29H17N5/c1-2-8-18(9-3-1)33-21-11-5-4-10-19(21)25-22(33)15-14-20-26(25)27-23(12-6-16-30-27)34-24-13-7-17-31-28(24)32-29(20)34/h1-17H. The van der Waals surface area contributed by atoms with Crippen molar-refractivity contribution < 1.29 is 0 Å². The zero-order valence-corrected chi connectivity index (χ0v) is 18.1. The summed E-state index contributed by atoms with van der Waals surface area (Å²) in [4.78, 5) is 14.4. The van der Waals surface area contributed by atoms with Crippen LogP contribution in [0.5, 0.6) is 0 Å². The zero-order valence-electron chi connectivity index (χ0n) is 18.1. The van der Waals surface area contributed by atoms with E-state index in [0.717, 1.165) is 49.8 Å². The molecule has 0 aliphatic heterocycles. The maximum Gasteiger partial charge on any atom is 0.178 e. The van der Waals surface area contributed by atoms with Gasteiger partial charge in [-0.3, -0.25) is 9.38 Å². The Labute approximate surface area is 193 Å². The molecule has 0 bridgehead atoms. The van der Waals surface area contributed by atoms with E-state index in [9.17, 15) is 0 Å². The smallest absolute Gasteiger partial charge is 0.178 e. The van der Waals surface area contributed by atoms with Crippen LogP contribution in [-0.2, 0) is 0 Å². The number of nitrogens with zero attached hydrogens (tertiary/aromatic N) is 5. The van der Waals surface area contributed by atoms with E-state index in [0.29, 0.717) is 0 Å². The molecule has 5 nitrogen and oxygen atoms in total. The van der Waals surface area contributed by atoms with E-state index < -0.39 is 0 Å². The fourth-order valence-corrected chi connectivity index (χ4v) is 5.46. The monoisotopic (exact) mass is 435 g/mol. The average molecular weight is 435 g/mol. The molecule has 0 N–H and O–H groups in total. The van der Waals surface area contributed by atoms with Crippen LogP contribution in [0.1, 0.15) is 0 Å². The van der Waals surface area contributed by atoms with Gasteiger partial charge >= 0.3 is 0 Å². The molecule has 0 unspecified atom stereocenters. The summed E-state index contributed by atoms with van der Waals surface area (Å²) in [5.74, 6) is 0. The molecular weight excluding hydrogens is 418 g/mol. The highest BCUT2D eigenvalue weighted by Crippen LogP contribution is 2.41. The Bertz CT molecular complexity index is 2070. The largest absolute Gasteiger partial charge is 0.309 e. The molecule has 0 atom stereocenters. The Morgan fingerprint density at radius 3 is 2.21 bits per heavy atom. The molecular formula is C29H17N5. The molecule has 0 fully saturated rings. The fourth-order valence-electron chi connectivity index (χ4n) is 5.46. The number of imidazole rings is 1. The first-order chi connectivity index (χ1) is 16.9. The summed E-state index contributed by atoms with van der Waals surface area (Å²) >= 11 is 0. The van der Waals surface area contributed by atoms with Gasteiger partial charge in [-0.1, -0.05) is 36.4 Å². The van der Waals surface area contributed by atoms with Crippen LogP contribution in [0.3, 0.4) is 0 Å². The number of rotatable bonds is 1. The summed E-state index contributed by atoms with van der Waals surface area (Å²) < 4.78 is 4.53. The number of pyridine rings is 3. The summed E-state index contributed by atoms with van der Waals surface area (Å²) in [7, 11) is 0. The summed E-state index contributed by atoms with van der Waals surface area (Å²) in [6, 6.07) is 31.7. The van der Waals surface area contributed by atoms with Crippen LogP contribution < -0.4 is 0 Å². The molecule has 8 rings (SSSR count). The van der Waals surface area contributed by atoms with Crippen LogP contribution in [0, 0.1) is 0 Å². The second-order valence-corrected chi connectivity index (χ2v) is 8.56. The van der Waals surface area contributed by atoms with Crippen LogP contribution in [0.15, 0.2) is 103 Å². The van der Waals surface area contributed by atoms with Crippen molar-refractivity contribution in [3.63, 3.8) is 0 Å². The Kier molecular flexibility index (Phi) is 3.34. The molecule has 0 radical (unpaired) electrons. The van der Waals surface area contributed by atoms with E-state index in [1.165, 1.54) is 16.3 Å². The molecule has 5 heteroatoms. The Morgan fingerprint density at radius 2 is 1.29 bits per heavy atom. The van der Waals surface area contributed by atoms with Crippen molar-refractivity contribution in [3.8, 4) is 5.69 Å². The molecule has 5 aromatic heterocycles. The highest BCUT2D eigenvalue weighted by atomic mass is 15.1. The SMILES string of the molecule is c1ccc(-n2c3ccccc3c3c4c(ccc32)c2nc3ncccc3n2c2cccnc42)cc1. The second-order valence-electron chi connectivity index (χ2n) is 8.56. The summed E-state index contributed by atoms with van der Waals surface area (Å²) in [6.07, 6.45) is 3.67. The van der Waals surface area contributed by atoms with Crippen molar-refractivity contribution in [2.24, 2.45) is 0 Å². The molecule has 0 amide bonds. The van der Waals surface area contributed by atoms with Crippen LogP contribution in [0.4, 0.5) is 0 Å². The maximum absolute atomic E-state index is 4.96. The lowest BCUT2D eigenvalue weighted by Gasteiger charge is -2.11. The van der Waals surface area contributed by atoms with Gasteiger partial charge in [0.25, 0.3) is 0 Å². The first-order valence-electron chi connectivity index (χ1n) is 11.3. The minimum atomic E-state index is 0.743. The predicted octanol–water partition coefficient (Wildman–Crippen LogP) is 6.68. The summed E-state index contributed by atoms with van der Waals surface area (Å²) in [5, 5.41) is 4.61. The quantitative estimate of drug-likeness (QED) is 0.270. The second kappa shape index (κ2) is 6.39. The summed E-state index contributed by atoms with van der Waals surface area (Å²) in [5.41, 5.74) is 8.11. The van der Waals surface area contributed by atoms with E-state index in [2.05, 4.69) is 92.8 Å². The highest BCUT2D eigenvalue weighted by molar-refractivity contribution is 6.29. The van der Waals surface area contributed by atoms with Crippen molar-refractivity contribution in [2.75, 3.05) is 0 Å². The number of aromatic nitrogens is 5. The van der Waals surface area contributed by atoms with Crippen LogP contribution in [-0.4, -0.2) is 23.9 Å². The Hall–Kier alpha value is -4.77. The number of hydrogen-bond donors (Lipinski definition) is 0. The van der Waals surface area contributed by atoms with Gasteiger partial charge in [-0.2, -0.15) is 0 Å². The maximum atomic E-state index is 4.96. The third-order valence-corrected chi connectivity index (χ3v) is 6.79. The van der Waals surface area contributed by atoms with E-state index in [1.807, 2.05) is 18.3 Å². The number of hydrogen-bond acceptors (Lipinski definition) is 3. The Morgan fingerprint density at radius 1 is 0.529 bits per heavy atom. The van der Waals surface area contributed by atoms with E-state index in [4.69, 9.17) is 9.97 Å². The zero-order chi connectivity index (χ0) is 22.2. The van der Waals surface area contributed by atoms with Crippen LogP contribution in [0.25, 0.3) is 66.1 Å². The Balaban J connectivity index is 1.70. The van der Waals surface area contributed by atoms with Gasteiger partial charge in [0.05, 0.1) is 27.6 Å². The van der Waals surface area contributed by atoms with Gasteiger partial charge in [-0.15, -0.1) is 0 Å². The molecule has 0 aliphatic rings. The first kappa shape index (κ1) is 17.7. The van der Waals surface area contributed by atoms with Gasteiger partial charge in [0.2, 0.25) is 0 Å². The van der Waals surface area contributed by atoms with Gasteiger partial charge < -0.3 is 4.57 Å². The van der Waals surface area contributed by atoms with Gasteiger partial charge in [0, 0.05) is 39.6 Å². The average Bonchev–Trinajstić information content (AvgIpc) is 3.45. The van der Waals surface area contributed by atoms with Gasteiger partial charge in [0.1, 0.15) is 5.65 Å². The van der Waals surface area contributed by atoms with E-state index >= 15 is 0 Å². The van der Waals surface area contributed by atoms with E-state index in [-0.39, 0.29) is 0 Å². The molecule has 8 aromatic rings. The number of fused-ring (bicyclic) bond motifs is 12. The third kappa shape index (κ3) is 2.16. The molecule has 5 heterocycles. The molecule has 0 saturated heterocycles. The normalized spacial score (nSPS) is 12.1. The van der Waals surface area contributed by atoms with Gasteiger partial charge in [-0.05, 0) is 54.6 Å². The van der Waals surface area contributed by atoms with Crippen molar-refractivity contribution in [1.29, 1.82) is 0 Å². The van der Waals surface area contributed by atoms with Crippen molar-refractivity contribution in [3.05, 3.63) is 103 Å². The molecule has 158 valence electrons. The lowest BCUT2D eigenvalue weighted by Crippen LogP contribution is -1.95. The fraction of sp³-hybridized carbons (Fsp3) is 0. The lowest BCUT2D eigenvalue weighted by molar-refractivity contribution is 1.18. The molecule has 0 saturated carbocycles. The third-order valence-electron chi connectivity index (χ3n) is 6.79. The van der Waals surface area contributed by atoms with Crippen LogP contribution in [0.2, 0.25) is 0 Å². The van der Waals surface area contributed by atoms with Crippen molar-refractivity contribution >= 4 is 60.4 Å². The van der Waals surface area contributed by atoms with Crippen molar-refractivity contribution in [1.82, 2.24) is 23.9 Å². The molecule has 0 spiro atoms. The van der Waals surface area contributed by atoms with Crippen molar-refractivity contribution in [2.45, 2.75) is 0 Å². The lowest BCUT2D eigenvalue weighted by atomic mass is 10.0. The molecule has 34 heavy (non-hydrogen) atoms.